The fourth-order valence-corrected chi connectivity index (χ4v) is 2.96. The van der Waals surface area contributed by atoms with Crippen molar-refractivity contribution in [2.45, 2.75) is 26.7 Å². The van der Waals surface area contributed by atoms with E-state index in [-0.39, 0.29) is 5.92 Å². The van der Waals surface area contributed by atoms with E-state index < -0.39 is 0 Å². The Morgan fingerprint density at radius 2 is 2.06 bits per heavy atom. The van der Waals surface area contributed by atoms with Crippen LogP contribution in [0.4, 0.5) is 0 Å². The summed E-state index contributed by atoms with van der Waals surface area (Å²) in [5.41, 5.74) is 10.9. The summed E-state index contributed by atoms with van der Waals surface area (Å²) in [7, 11) is 0. The predicted molar refractivity (Wildman–Crippen MR) is 73.7 cm³/mol. The van der Waals surface area contributed by atoms with Gasteiger partial charge in [0, 0.05) is 23.5 Å². The molecule has 2 aromatic rings. The molecule has 0 saturated carbocycles. The van der Waals surface area contributed by atoms with Gasteiger partial charge in [-0.1, -0.05) is 23.8 Å². The SMILES string of the molecule is Cc1ccc(C)c(C(CN)c2nc(C)cs2)c1. The van der Waals surface area contributed by atoms with Gasteiger partial charge in [0.25, 0.3) is 0 Å². The highest BCUT2D eigenvalue weighted by molar-refractivity contribution is 7.09. The third kappa shape index (κ3) is 2.56. The predicted octanol–water partition coefficient (Wildman–Crippen LogP) is 3.16. The number of aromatic nitrogens is 1. The lowest BCUT2D eigenvalue weighted by Gasteiger charge is -2.16. The number of aryl methyl sites for hydroxylation is 3. The molecular weight excluding hydrogens is 228 g/mol. The van der Waals surface area contributed by atoms with E-state index in [9.17, 15) is 0 Å². The minimum absolute atomic E-state index is 0.230. The lowest BCUT2D eigenvalue weighted by atomic mass is 9.94. The van der Waals surface area contributed by atoms with Crippen molar-refractivity contribution in [2.75, 3.05) is 6.54 Å². The van der Waals surface area contributed by atoms with E-state index in [1.807, 2.05) is 6.92 Å². The van der Waals surface area contributed by atoms with E-state index in [2.05, 4.69) is 42.4 Å². The van der Waals surface area contributed by atoms with Gasteiger partial charge in [0.1, 0.15) is 5.01 Å². The first kappa shape index (κ1) is 12.3. The van der Waals surface area contributed by atoms with Crippen LogP contribution >= 0.6 is 11.3 Å². The molecule has 0 radical (unpaired) electrons. The zero-order valence-electron chi connectivity index (χ0n) is 10.5. The molecule has 0 bridgehead atoms. The summed E-state index contributed by atoms with van der Waals surface area (Å²) >= 11 is 1.70. The van der Waals surface area contributed by atoms with Crippen molar-refractivity contribution in [1.29, 1.82) is 0 Å². The van der Waals surface area contributed by atoms with Crippen LogP contribution in [0.15, 0.2) is 23.6 Å². The highest BCUT2D eigenvalue weighted by Crippen LogP contribution is 2.29. The Kier molecular flexibility index (Phi) is 3.60. The standard InChI is InChI=1S/C14H18N2S/c1-9-4-5-10(2)12(6-9)13(7-15)14-16-11(3)8-17-14/h4-6,8,13H,7,15H2,1-3H3. The summed E-state index contributed by atoms with van der Waals surface area (Å²) in [6, 6.07) is 6.52. The Bertz CT molecular complexity index is 517. The monoisotopic (exact) mass is 246 g/mol. The molecule has 0 fully saturated rings. The number of hydrogen-bond acceptors (Lipinski definition) is 3. The molecule has 90 valence electrons. The molecule has 3 heteroatoms. The largest absolute Gasteiger partial charge is 0.329 e. The zero-order chi connectivity index (χ0) is 12.4. The highest BCUT2D eigenvalue weighted by atomic mass is 32.1. The van der Waals surface area contributed by atoms with E-state index in [0.717, 1.165) is 10.7 Å². The number of rotatable bonds is 3. The first-order valence-electron chi connectivity index (χ1n) is 5.81. The summed E-state index contributed by atoms with van der Waals surface area (Å²) in [4.78, 5) is 4.57. The van der Waals surface area contributed by atoms with E-state index >= 15 is 0 Å². The summed E-state index contributed by atoms with van der Waals surface area (Å²) in [6.07, 6.45) is 0. The van der Waals surface area contributed by atoms with Crippen LogP contribution in [-0.4, -0.2) is 11.5 Å². The number of thiazole rings is 1. The van der Waals surface area contributed by atoms with Gasteiger partial charge in [-0.05, 0) is 31.9 Å². The summed E-state index contributed by atoms with van der Waals surface area (Å²) < 4.78 is 0. The van der Waals surface area contributed by atoms with E-state index in [1.165, 1.54) is 16.7 Å². The highest BCUT2D eigenvalue weighted by Gasteiger charge is 2.17. The number of hydrogen-bond donors (Lipinski definition) is 1. The third-order valence-corrected chi connectivity index (χ3v) is 4.06. The lowest BCUT2D eigenvalue weighted by molar-refractivity contribution is 0.798. The molecule has 17 heavy (non-hydrogen) atoms. The Morgan fingerprint density at radius 3 is 2.65 bits per heavy atom. The summed E-state index contributed by atoms with van der Waals surface area (Å²) in [5, 5.41) is 3.21. The van der Waals surface area contributed by atoms with Crippen LogP contribution in [0, 0.1) is 20.8 Å². The molecular formula is C14H18N2S. The number of nitrogens with zero attached hydrogens (tertiary/aromatic N) is 1. The van der Waals surface area contributed by atoms with Crippen molar-refractivity contribution in [2.24, 2.45) is 5.73 Å². The Hall–Kier alpha value is -1.19. The molecule has 0 spiro atoms. The second-order valence-electron chi connectivity index (χ2n) is 4.48. The normalized spacial score (nSPS) is 12.7. The van der Waals surface area contributed by atoms with Gasteiger partial charge in [0.15, 0.2) is 0 Å². The minimum atomic E-state index is 0.230. The third-order valence-electron chi connectivity index (χ3n) is 2.98. The van der Waals surface area contributed by atoms with Crippen LogP contribution in [0.3, 0.4) is 0 Å². The van der Waals surface area contributed by atoms with Crippen LogP contribution in [0.2, 0.25) is 0 Å². The summed E-state index contributed by atoms with van der Waals surface area (Å²) in [5.74, 6) is 0.230. The molecule has 2 nitrogen and oxygen atoms in total. The van der Waals surface area contributed by atoms with Crippen molar-refractivity contribution in [3.8, 4) is 0 Å². The maximum atomic E-state index is 5.93. The van der Waals surface area contributed by atoms with Gasteiger partial charge in [-0.25, -0.2) is 4.98 Å². The zero-order valence-corrected chi connectivity index (χ0v) is 11.3. The molecule has 0 aliphatic heterocycles. The molecule has 0 amide bonds. The minimum Gasteiger partial charge on any atom is -0.329 e. The van der Waals surface area contributed by atoms with Crippen molar-refractivity contribution >= 4 is 11.3 Å². The molecule has 1 atom stereocenters. The maximum absolute atomic E-state index is 5.93. The van der Waals surface area contributed by atoms with Gasteiger partial charge < -0.3 is 5.73 Å². The van der Waals surface area contributed by atoms with Crippen molar-refractivity contribution in [3.05, 3.63) is 51.0 Å². The topological polar surface area (TPSA) is 38.9 Å². The van der Waals surface area contributed by atoms with Gasteiger partial charge in [0.05, 0.1) is 0 Å². The van der Waals surface area contributed by atoms with Crippen molar-refractivity contribution < 1.29 is 0 Å². The van der Waals surface area contributed by atoms with Crippen LogP contribution < -0.4 is 5.73 Å². The second-order valence-corrected chi connectivity index (χ2v) is 5.37. The summed E-state index contributed by atoms with van der Waals surface area (Å²) in [6.45, 7) is 6.88. The fourth-order valence-electron chi connectivity index (χ4n) is 2.03. The van der Waals surface area contributed by atoms with Gasteiger partial charge in [-0.15, -0.1) is 11.3 Å². The molecule has 1 aromatic carbocycles. The molecule has 0 aliphatic rings. The molecule has 2 N–H and O–H groups in total. The first-order valence-corrected chi connectivity index (χ1v) is 6.69. The van der Waals surface area contributed by atoms with Crippen LogP contribution in [0.5, 0.6) is 0 Å². The Morgan fingerprint density at radius 1 is 1.29 bits per heavy atom. The lowest BCUT2D eigenvalue weighted by Crippen LogP contribution is -2.15. The van der Waals surface area contributed by atoms with E-state index in [1.54, 1.807) is 11.3 Å². The number of benzene rings is 1. The second kappa shape index (κ2) is 4.98. The fraction of sp³-hybridized carbons (Fsp3) is 0.357. The van der Waals surface area contributed by atoms with Gasteiger partial charge >= 0.3 is 0 Å². The average molecular weight is 246 g/mol. The van der Waals surface area contributed by atoms with Crippen molar-refractivity contribution in [3.63, 3.8) is 0 Å². The maximum Gasteiger partial charge on any atom is 0.102 e. The number of nitrogens with two attached hydrogens (primary N) is 1. The molecule has 0 saturated heterocycles. The van der Waals surface area contributed by atoms with E-state index in [0.29, 0.717) is 6.54 Å². The smallest absolute Gasteiger partial charge is 0.102 e. The van der Waals surface area contributed by atoms with Crippen LogP contribution in [0.1, 0.15) is 33.3 Å². The molecule has 1 aromatic heterocycles. The molecule has 0 aliphatic carbocycles. The van der Waals surface area contributed by atoms with Crippen molar-refractivity contribution in [1.82, 2.24) is 4.98 Å². The molecule has 2 rings (SSSR count). The first-order chi connectivity index (χ1) is 8.11. The van der Waals surface area contributed by atoms with Gasteiger partial charge in [-0.3, -0.25) is 0 Å². The Balaban J connectivity index is 2.45. The Labute approximate surface area is 107 Å². The molecule has 1 unspecified atom stereocenters. The van der Waals surface area contributed by atoms with Gasteiger partial charge in [-0.2, -0.15) is 0 Å². The average Bonchev–Trinajstić information content (AvgIpc) is 2.71. The van der Waals surface area contributed by atoms with Crippen LogP contribution in [-0.2, 0) is 0 Å². The van der Waals surface area contributed by atoms with Crippen LogP contribution in [0.25, 0.3) is 0 Å². The van der Waals surface area contributed by atoms with E-state index in [4.69, 9.17) is 5.73 Å². The quantitative estimate of drug-likeness (QED) is 0.903. The van der Waals surface area contributed by atoms with Gasteiger partial charge in [0.2, 0.25) is 0 Å². The molecule has 1 heterocycles.